The molecular weight excluding hydrogens is 671 g/mol. The van der Waals surface area contributed by atoms with Gasteiger partial charge in [-0.2, -0.15) is 0 Å². The Morgan fingerprint density at radius 1 is 0.818 bits per heavy atom. The summed E-state index contributed by atoms with van der Waals surface area (Å²) in [6, 6.07) is 9.45. The number of hydrogen-bond acceptors (Lipinski definition) is 0. The summed E-state index contributed by atoms with van der Waals surface area (Å²) >= 11 is -4.06. The van der Waals surface area contributed by atoms with Crippen molar-refractivity contribution < 1.29 is 17.4 Å². The molecular formula is C40H60Cl2SiZr. The first-order valence-electron chi connectivity index (χ1n) is 17.0. The Balaban J connectivity index is 0.00000221. The van der Waals surface area contributed by atoms with E-state index in [9.17, 15) is 0 Å². The molecule has 1 fully saturated rings. The summed E-state index contributed by atoms with van der Waals surface area (Å²) in [5, 5.41) is 0. The van der Waals surface area contributed by atoms with E-state index in [1.807, 2.05) is 8.85 Å². The molecule has 5 aliphatic carbocycles. The van der Waals surface area contributed by atoms with Gasteiger partial charge in [0.1, 0.15) is 0 Å². The Morgan fingerprint density at radius 2 is 1.43 bits per heavy atom. The van der Waals surface area contributed by atoms with Gasteiger partial charge in [-0.15, -0.1) is 24.8 Å². The second kappa shape index (κ2) is 10.8. The van der Waals surface area contributed by atoms with E-state index in [1.54, 1.807) is 22.3 Å². The zero-order valence-corrected chi connectivity index (χ0v) is 35.3. The molecule has 5 aliphatic rings. The van der Waals surface area contributed by atoms with E-state index in [0.717, 1.165) is 6.42 Å². The van der Waals surface area contributed by atoms with Crippen LogP contribution >= 0.6 is 24.8 Å². The summed E-state index contributed by atoms with van der Waals surface area (Å²) in [5.41, 5.74) is 10.4. The van der Waals surface area contributed by atoms with Gasteiger partial charge < -0.3 is 0 Å². The van der Waals surface area contributed by atoms with Crippen LogP contribution in [0.15, 0.2) is 74.6 Å². The average molecular weight is 731 g/mol. The van der Waals surface area contributed by atoms with Gasteiger partial charge in [-0.1, -0.05) is 0 Å². The largest absolute Gasteiger partial charge is 0.147 e. The van der Waals surface area contributed by atoms with Crippen molar-refractivity contribution in [2.75, 3.05) is 0 Å². The van der Waals surface area contributed by atoms with Crippen LogP contribution in [-0.4, -0.2) is 6.88 Å². The standard InChI is InChI=1S/C29H37.C5H5.2C3H7.2ClH.H2Si.Zr/c1-18-25-22-17-19-13-9-10-14-20(19)24(22)21-15-11-12-16-23(21)29(25,8)28(6,7)27(4,5)26(18,2)3;1-2-4-5-3-1;2*1-3-2;;;;/h9-11,13-15,23H,12,16-17H2,1-8H3;1-3H,4H2;2*3H,1-2H3;2*1H;1H2;. The van der Waals surface area contributed by atoms with Gasteiger partial charge in [0.05, 0.1) is 0 Å². The maximum absolute atomic E-state index is 4.06. The van der Waals surface area contributed by atoms with Crippen molar-refractivity contribution in [2.24, 2.45) is 27.6 Å². The molecule has 4 heteroatoms. The van der Waals surface area contributed by atoms with Gasteiger partial charge in [0.15, 0.2) is 0 Å². The molecule has 44 heavy (non-hydrogen) atoms. The van der Waals surface area contributed by atoms with Crippen molar-refractivity contribution in [3.63, 3.8) is 0 Å². The molecule has 0 spiro atoms. The van der Waals surface area contributed by atoms with Crippen LogP contribution < -0.4 is 0 Å². The van der Waals surface area contributed by atoms with Gasteiger partial charge in [0.25, 0.3) is 0 Å². The molecule has 242 valence electrons. The number of allylic oxidation sites excluding steroid dienone is 10. The average Bonchev–Trinajstić information content (AvgIpc) is 3.60. The molecule has 3 atom stereocenters. The Kier molecular flexibility index (Phi) is 8.95. The molecule has 6 rings (SSSR count). The monoisotopic (exact) mass is 728 g/mol. The van der Waals surface area contributed by atoms with Gasteiger partial charge in [0.2, 0.25) is 0 Å². The van der Waals surface area contributed by atoms with Crippen molar-refractivity contribution >= 4 is 37.3 Å². The third kappa shape index (κ3) is 3.57. The number of fused-ring (bicyclic) bond motifs is 6. The molecule has 0 heterocycles. The summed E-state index contributed by atoms with van der Waals surface area (Å²) < 4.78 is 3.34. The van der Waals surface area contributed by atoms with Crippen molar-refractivity contribution in [1.29, 1.82) is 0 Å². The fourth-order valence-electron chi connectivity index (χ4n) is 12.7. The van der Waals surface area contributed by atoms with E-state index in [2.05, 4.69) is 145 Å². The second-order valence-electron chi connectivity index (χ2n) is 17.5. The quantitative estimate of drug-likeness (QED) is 0.271. The minimum atomic E-state index is -4.06. The first-order chi connectivity index (χ1) is 19.4. The van der Waals surface area contributed by atoms with Crippen LogP contribution in [0.25, 0.3) is 5.57 Å². The molecule has 0 nitrogen and oxygen atoms in total. The van der Waals surface area contributed by atoms with Crippen LogP contribution in [0.4, 0.5) is 0 Å². The van der Waals surface area contributed by atoms with Crippen LogP contribution in [0.5, 0.6) is 0 Å². The van der Waals surface area contributed by atoms with E-state index in [0.29, 0.717) is 13.2 Å². The van der Waals surface area contributed by atoms with Crippen LogP contribution in [0.3, 0.4) is 0 Å². The van der Waals surface area contributed by atoms with Gasteiger partial charge in [-0.05, 0) is 0 Å². The molecule has 0 bridgehead atoms. The van der Waals surface area contributed by atoms with E-state index in [4.69, 9.17) is 0 Å². The fraction of sp³-hybridized carbons (Fsp3) is 0.600. The molecule has 0 aliphatic heterocycles. The van der Waals surface area contributed by atoms with Crippen molar-refractivity contribution in [1.82, 2.24) is 0 Å². The number of hydrogen-bond donors (Lipinski definition) is 0. The van der Waals surface area contributed by atoms with Gasteiger partial charge in [-0.25, -0.2) is 0 Å². The Labute approximate surface area is 285 Å². The number of rotatable bonds is 4. The summed E-state index contributed by atoms with van der Waals surface area (Å²) in [4.78, 5) is 0. The molecule has 0 saturated heterocycles. The molecule has 0 radical (unpaired) electrons. The molecule has 1 saturated carbocycles. The first kappa shape index (κ1) is 36.4. The van der Waals surface area contributed by atoms with Crippen molar-refractivity contribution in [3.8, 4) is 0 Å². The Hall–Kier alpha value is -0.400. The third-order valence-corrected chi connectivity index (χ3v) is 58.7. The van der Waals surface area contributed by atoms with Crippen LogP contribution in [0, 0.1) is 27.6 Å². The molecule has 1 aromatic rings. The van der Waals surface area contributed by atoms with Crippen molar-refractivity contribution in [3.05, 3.63) is 85.8 Å². The van der Waals surface area contributed by atoms with Gasteiger partial charge in [0, 0.05) is 0 Å². The molecule has 0 amide bonds. The molecule has 0 N–H and O–H groups in total. The topological polar surface area (TPSA) is 0 Å². The summed E-state index contributed by atoms with van der Waals surface area (Å²) in [6.07, 6.45) is 17.3. The smallest absolute Gasteiger partial charge is 0.147 e. The summed E-state index contributed by atoms with van der Waals surface area (Å²) in [5.74, 6) is 0.554. The van der Waals surface area contributed by atoms with E-state index < -0.39 is 17.4 Å². The fourth-order valence-corrected chi connectivity index (χ4v) is 41.7. The minimum absolute atomic E-state index is 0. The number of halogens is 2. The zero-order chi connectivity index (χ0) is 30.9. The predicted molar refractivity (Wildman–Crippen MR) is 199 cm³/mol. The normalized spacial score (nSPS) is 31.2. The van der Waals surface area contributed by atoms with Gasteiger partial charge >= 0.3 is 262 Å². The van der Waals surface area contributed by atoms with E-state index in [-0.39, 0.29) is 49.6 Å². The van der Waals surface area contributed by atoms with Gasteiger partial charge in [-0.3, -0.25) is 0 Å². The maximum atomic E-state index is 2.88. The maximum Gasteiger partial charge on any atom is -0.147 e. The zero-order valence-electron chi connectivity index (χ0n) is 29.8. The van der Waals surface area contributed by atoms with E-state index in [1.165, 1.54) is 24.8 Å². The van der Waals surface area contributed by atoms with Crippen LogP contribution in [0.2, 0.25) is 10.4 Å². The molecule has 0 aromatic heterocycles. The van der Waals surface area contributed by atoms with Crippen molar-refractivity contribution in [2.45, 2.75) is 119 Å². The Morgan fingerprint density at radius 3 is 2.00 bits per heavy atom. The third-order valence-electron chi connectivity index (χ3n) is 16.6. The SMILES string of the molecule is C[CH](C)[Zr](=[SiH2])([C]1=CC=CC1)([CH](C)C)[C]1(C)C2=C3Cc4ccccc4C3=C3C=CCCC3C2(C)C(C)(C)C(C)(C)C1(C)C.Cl.Cl. The second-order valence-corrected chi connectivity index (χ2v) is 44.3. The van der Waals surface area contributed by atoms with E-state index >= 15 is 0 Å². The summed E-state index contributed by atoms with van der Waals surface area (Å²) in [7, 11) is 0. The predicted octanol–water partition coefficient (Wildman–Crippen LogP) is 12.1. The summed E-state index contributed by atoms with van der Waals surface area (Å²) in [6.45, 7) is 35.1. The molecule has 1 aromatic carbocycles. The molecule has 3 unspecified atom stereocenters. The van der Waals surface area contributed by atoms with Crippen LogP contribution in [-0.2, 0) is 23.8 Å². The number of benzene rings is 1. The Bertz CT molecular complexity index is 1590. The first-order valence-corrected chi connectivity index (χ1v) is 28.2. The minimum Gasteiger partial charge on any atom is -0.147 e. The van der Waals surface area contributed by atoms with Crippen LogP contribution in [0.1, 0.15) is 113 Å².